The molecule has 3 N–H and O–H groups in total. The number of H-pyrrole nitrogens is 2. The van der Waals surface area contributed by atoms with Crippen molar-refractivity contribution in [1.82, 2.24) is 35.1 Å². The number of imidazole rings is 2. The average molecular weight is 590 g/mol. The monoisotopic (exact) mass is 589 g/mol. The van der Waals surface area contributed by atoms with Crippen molar-refractivity contribution >= 4 is 16.7 Å². The zero-order valence-corrected chi connectivity index (χ0v) is 25.6. The molecule has 0 radical (unpaired) electrons. The number of amides is 1. The SMILES string of the molecule is CCCN(Cc1ccc2ccccc2c1)[C@H]1CC[C@H](NCc2ccc(C(=O)N(Cc3ncc[nH]3)Cc3ncc[nH]3)cc2)CC1. The number of carbonyl (C=O) groups is 1. The maximum absolute atomic E-state index is 13.4. The van der Waals surface area contributed by atoms with E-state index in [2.05, 4.69) is 91.7 Å². The van der Waals surface area contributed by atoms with Gasteiger partial charge in [-0.2, -0.15) is 0 Å². The minimum absolute atomic E-state index is 0.0454. The van der Waals surface area contributed by atoms with Crippen LogP contribution in [0.3, 0.4) is 0 Å². The molecule has 3 aromatic carbocycles. The van der Waals surface area contributed by atoms with Crippen molar-refractivity contribution in [2.75, 3.05) is 6.54 Å². The van der Waals surface area contributed by atoms with E-state index in [-0.39, 0.29) is 5.91 Å². The summed E-state index contributed by atoms with van der Waals surface area (Å²) in [5.41, 5.74) is 3.26. The normalized spacial score (nSPS) is 16.9. The third kappa shape index (κ3) is 7.62. The Labute approximate surface area is 259 Å². The molecule has 44 heavy (non-hydrogen) atoms. The highest BCUT2D eigenvalue weighted by molar-refractivity contribution is 5.94. The van der Waals surface area contributed by atoms with Crippen LogP contribution >= 0.6 is 0 Å². The molecular formula is C36H43N7O. The third-order valence-electron chi connectivity index (χ3n) is 8.80. The van der Waals surface area contributed by atoms with Crippen LogP contribution in [0, 0.1) is 0 Å². The molecule has 0 unspecified atom stereocenters. The Morgan fingerprint density at radius 3 is 2.11 bits per heavy atom. The summed E-state index contributed by atoms with van der Waals surface area (Å²) in [7, 11) is 0. The molecule has 2 heterocycles. The maximum Gasteiger partial charge on any atom is 0.254 e. The van der Waals surface area contributed by atoms with E-state index in [4.69, 9.17) is 0 Å². The Bertz CT molecular complexity index is 1550. The number of nitrogens with one attached hydrogen (secondary N) is 3. The van der Waals surface area contributed by atoms with Crippen molar-refractivity contribution in [1.29, 1.82) is 0 Å². The predicted molar refractivity (Wildman–Crippen MR) is 175 cm³/mol. The first-order chi connectivity index (χ1) is 21.6. The Kier molecular flexibility index (Phi) is 9.79. The van der Waals surface area contributed by atoms with Crippen LogP contribution in [0.5, 0.6) is 0 Å². The summed E-state index contributed by atoms with van der Waals surface area (Å²) in [6.07, 6.45) is 12.9. The zero-order chi connectivity index (χ0) is 30.1. The molecular weight excluding hydrogens is 546 g/mol. The number of benzene rings is 3. The molecule has 1 fully saturated rings. The van der Waals surface area contributed by atoms with Crippen molar-refractivity contribution in [2.45, 2.75) is 77.3 Å². The Morgan fingerprint density at radius 1 is 0.818 bits per heavy atom. The van der Waals surface area contributed by atoms with Gasteiger partial charge >= 0.3 is 0 Å². The van der Waals surface area contributed by atoms with Crippen LogP contribution in [-0.2, 0) is 26.2 Å². The topological polar surface area (TPSA) is 92.9 Å². The van der Waals surface area contributed by atoms with Crippen LogP contribution in [0.2, 0.25) is 0 Å². The number of aromatic nitrogens is 4. The number of fused-ring (bicyclic) bond motifs is 1. The van der Waals surface area contributed by atoms with Crippen molar-refractivity contribution in [2.24, 2.45) is 0 Å². The summed E-state index contributed by atoms with van der Waals surface area (Å²) in [6.45, 7) is 6.03. The fourth-order valence-electron chi connectivity index (χ4n) is 6.43. The first kappa shape index (κ1) is 29.8. The van der Waals surface area contributed by atoms with Gasteiger partial charge in [0.15, 0.2) is 0 Å². The summed E-state index contributed by atoms with van der Waals surface area (Å²) in [4.78, 5) is 32.7. The Hall–Kier alpha value is -4.27. The van der Waals surface area contributed by atoms with Gasteiger partial charge in [-0.3, -0.25) is 9.69 Å². The molecule has 0 aliphatic heterocycles. The second-order valence-electron chi connectivity index (χ2n) is 12.0. The average Bonchev–Trinajstić information content (AvgIpc) is 3.78. The van der Waals surface area contributed by atoms with Gasteiger partial charge < -0.3 is 20.2 Å². The van der Waals surface area contributed by atoms with E-state index in [0.29, 0.717) is 30.7 Å². The largest absolute Gasteiger partial charge is 0.347 e. The molecule has 0 spiro atoms. The molecule has 0 saturated heterocycles. The summed E-state index contributed by atoms with van der Waals surface area (Å²) in [5.74, 6) is 1.44. The van der Waals surface area contributed by atoms with Gasteiger partial charge in [-0.25, -0.2) is 9.97 Å². The first-order valence-corrected chi connectivity index (χ1v) is 15.9. The lowest BCUT2D eigenvalue weighted by molar-refractivity contribution is 0.0721. The van der Waals surface area contributed by atoms with Crippen LogP contribution in [0.15, 0.2) is 91.5 Å². The highest BCUT2D eigenvalue weighted by atomic mass is 16.2. The molecule has 1 aliphatic carbocycles. The second-order valence-corrected chi connectivity index (χ2v) is 12.0. The van der Waals surface area contributed by atoms with E-state index in [1.54, 1.807) is 29.7 Å². The standard InChI is InChI=1S/C36H43N7O/c1-2-21-42(24-28-9-10-29-5-3-4-6-31(29)22-28)33-15-13-32(14-16-33)41-23-27-7-11-30(12-8-27)36(44)43(25-34-37-17-18-38-34)26-35-39-19-20-40-35/h3-12,17-20,22,32-33,41H,2,13-16,21,23-26H2,1H3,(H,37,38)(H,39,40)/t32-,33-. The van der Waals surface area contributed by atoms with E-state index in [1.165, 1.54) is 54.0 Å². The minimum Gasteiger partial charge on any atom is -0.347 e. The lowest BCUT2D eigenvalue weighted by Gasteiger charge is -2.37. The van der Waals surface area contributed by atoms with E-state index < -0.39 is 0 Å². The van der Waals surface area contributed by atoms with Gasteiger partial charge in [-0.15, -0.1) is 0 Å². The number of nitrogens with zero attached hydrogens (tertiary/aromatic N) is 4. The van der Waals surface area contributed by atoms with E-state index in [0.717, 1.165) is 31.3 Å². The maximum atomic E-state index is 13.4. The van der Waals surface area contributed by atoms with Gasteiger partial charge in [0.05, 0.1) is 13.1 Å². The predicted octanol–water partition coefficient (Wildman–Crippen LogP) is 6.44. The van der Waals surface area contributed by atoms with Crippen LogP contribution in [-0.4, -0.2) is 54.3 Å². The molecule has 0 atom stereocenters. The minimum atomic E-state index is -0.0454. The number of hydrogen-bond acceptors (Lipinski definition) is 5. The molecule has 0 bridgehead atoms. The molecule has 228 valence electrons. The fourth-order valence-corrected chi connectivity index (χ4v) is 6.43. The zero-order valence-electron chi connectivity index (χ0n) is 25.6. The van der Waals surface area contributed by atoms with E-state index >= 15 is 0 Å². The highest BCUT2D eigenvalue weighted by Gasteiger charge is 2.26. The van der Waals surface area contributed by atoms with Gasteiger partial charge in [0.25, 0.3) is 5.91 Å². The number of hydrogen-bond donors (Lipinski definition) is 3. The van der Waals surface area contributed by atoms with Gasteiger partial charge in [-0.05, 0) is 78.7 Å². The Balaban J connectivity index is 1.00. The lowest BCUT2D eigenvalue weighted by Crippen LogP contribution is -2.42. The molecule has 8 nitrogen and oxygen atoms in total. The van der Waals surface area contributed by atoms with Gasteiger partial charge in [-0.1, -0.05) is 55.5 Å². The summed E-state index contributed by atoms with van der Waals surface area (Å²) in [6, 6.07) is 24.7. The second kappa shape index (κ2) is 14.5. The number of aromatic amines is 2. The third-order valence-corrected chi connectivity index (χ3v) is 8.80. The van der Waals surface area contributed by atoms with Crippen molar-refractivity contribution in [3.63, 3.8) is 0 Å². The van der Waals surface area contributed by atoms with E-state index in [9.17, 15) is 4.79 Å². The molecule has 2 aromatic heterocycles. The molecule has 1 amide bonds. The van der Waals surface area contributed by atoms with Crippen LogP contribution < -0.4 is 5.32 Å². The molecule has 1 saturated carbocycles. The quantitative estimate of drug-likeness (QED) is 0.147. The molecule has 5 aromatic rings. The smallest absolute Gasteiger partial charge is 0.254 e. The van der Waals surface area contributed by atoms with Gasteiger partial charge in [0, 0.05) is 55.5 Å². The molecule has 6 rings (SSSR count). The van der Waals surface area contributed by atoms with Crippen LogP contribution in [0.1, 0.15) is 72.2 Å². The summed E-state index contributed by atoms with van der Waals surface area (Å²) in [5, 5.41) is 6.43. The van der Waals surface area contributed by atoms with Crippen molar-refractivity contribution in [3.8, 4) is 0 Å². The van der Waals surface area contributed by atoms with Gasteiger partial charge in [0.1, 0.15) is 11.6 Å². The first-order valence-electron chi connectivity index (χ1n) is 15.9. The highest BCUT2D eigenvalue weighted by Crippen LogP contribution is 2.26. The summed E-state index contributed by atoms with van der Waals surface area (Å²) >= 11 is 0. The van der Waals surface area contributed by atoms with E-state index in [1.807, 2.05) is 12.1 Å². The molecule has 1 aliphatic rings. The fraction of sp³-hybridized carbons (Fsp3) is 0.361. The van der Waals surface area contributed by atoms with Crippen LogP contribution in [0.25, 0.3) is 10.8 Å². The number of rotatable bonds is 13. The summed E-state index contributed by atoms with van der Waals surface area (Å²) < 4.78 is 0. The Morgan fingerprint density at radius 2 is 1.48 bits per heavy atom. The molecule has 8 heteroatoms. The van der Waals surface area contributed by atoms with Gasteiger partial charge in [0.2, 0.25) is 0 Å². The number of carbonyl (C=O) groups excluding carboxylic acids is 1. The van der Waals surface area contributed by atoms with Crippen molar-refractivity contribution in [3.05, 3.63) is 120 Å². The lowest BCUT2D eigenvalue weighted by atomic mass is 9.89. The van der Waals surface area contributed by atoms with Crippen LogP contribution in [0.4, 0.5) is 0 Å². The van der Waals surface area contributed by atoms with Crippen molar-refractivity contribution < 1.29 is 4.79 Å².